The molecular formula is C15H23NO3. The Balaban J connectivity index is 2.27. The average Bonchev–Trinajstić information content (AvgIpc) is 2.93. The molecule has 1 aromatic rings. The second-order valence-corrected chi connectivity index (χ2v) is 4.89. The molecule has 1 aliphatic carbocycles. The molecule has 0 aromatic heterocycles. The first-order chi connectivity index (χ1) is 9.28. The predicted molar refractivity (Wildman–Crippen MR) is 75.2 cm³/mol. The fraction of sp³-hybridized carbons (Fsp3) is 0.600. The highest BCUT2D eigenvalue weighted by Gasteiger charge is 2.21. The van der Waals surface area contributed by atoms with E-state index in [2.05, 4.69) is 0 Å². The van der Waals surface area contributed by atoms with E-state index in [-0.39, 0.29) is 6.10 Å². The van der Waals surface area contributed by atoms with Crippen molar-refractivity contribution < 1.29 is 14.2 Å². The third kappa shape index (κ3) is 3.32. The van der Waals surface area contributed by atoms with E-state index in [4.69, 9.17) is 19.9 Å². The molecule has 4 nitrogen and oxygen atoms in total. The van der Waals surface area contributed by atoms with Crippen LogP contribution in [0.3, 0.4) is 0 Å². The molecule has 19 heavy (non-hydrogen) atoms. The van der Waals surface area contributed by atoms with Crippen LogP contribution >= 0.6 is 0 Å². The van der Waals surface area contributed by atoms with Crippen LogP contribution in [0, 0.1) is 0 Å². The highest BCUT2D eigenvalue weighted by molar-refractivity contribution is 5.54. The van der Waals surface area contributed by atoms with Gasteiger partial charge < -0.3 is 19.9 Å². The molecular weight excluding hydrogens is 242 g/mol. The molecule has 2 rings (SSSR count). The van der Waals surface area contributed by atoms with Crippen LogP contribution < -0.4 is 19.9 Å². The Labute approximate surface area is 114 Å². The van der Waals surface area contributed by atoms with E-state index >= 15 is 0 Å². The summed E-state index contributed by atoms with van der Waals surface area (Å²) in [7, 11) is 3.31. The molecule has 4 heteroatoms. The van der Waals surface area contributed by atoms with Gasteiger partial charge in [0.1, 0.15) is 0 Å². The van der Waals surface area contributed by atoms with Crippen LogP contribution in [0.25, 0.3) is 0 Å². The molecule has 0 saturated heterocycles. The first-order valence-corrected chi connectivity index (χ1v) is 6.90. The van der Waals surface area contributed by atoms with E-state index in [9.17, 15) is 0 Å². The van der Waals surface area contributed by atoms with Gasteiger partial charge in [0.2, 0.25) is 5.75 Å². The fourth-order valence-electron chi connectivity index (χ4n) is 2.53. The highest BCUT2D eigenvalue weighted by Crippen LogP contribution is 2.40. The summed E-state index contributed by atoms with van der Waals surface area (Å²) in [5, 5.41) is 0. The lowest BCUT2D eigenvalue weighted by molar-refractivity contribution is 0.191. The number of hydrogen-bond acceptors (Lipinski definition) is 4. The maximum atomic E-state index is 6.07. The van der Waals surface area contributed by atoms with Crippen molar-refractivity contribution in [3.63, 3.8) is 0 Å². The lowest BCUT2D eigenvalue weighted by Crippen LogP contribution is -2.13. The van der Waals surface area contributed by atoms with Crippen LogP contribution in [0.1, 0.15) is 31.2 Å². The lowest BCUT2D eigenvalue weighted by atomic mass is 10.1. The van der Waals surface area contributed by atoms with Crippen LogP contribution in [0.4, 0.5) is 0 Å². The van der Waals surface area contributed by atoms with E-state index in [0.29, 0.717) is 6.54 Å². The van der Waals surface area contributed by atoms with Crippen LogP contribution in [0.15, 0.2) is 12.1 Å². The molecule has 2 N–H and O–H groups in total. The van der Waals surface area contributed by atoms with Gasteiger partial charge in [-0.05, 0) is 56.3 Å². The Kier molecular flexibility index (Phi) is 4.91. The van der Waals surface area contributed by atoms with Crippen molar-refractivity contribution >= 4 is 0 Å². The molecule has 0 atom stereocenters. The maximum absolute atomic E-state index is 6.07. The Bertz CT molecular complexity index is 389. The third-order valence-electron chi connectivity index (χ3n) is 3.54. The second kappa shape index (κ2) is 6.66. The number of nitrogens with two attached hydrogens (primary N) is 1. The zero-order valence-corrected chi connectivity index (χ0v) is 11.8. The Morgan fingerprint density at radius 1 is 1.11 bits per heavy atom. The van der Waals surface area contributed by atoms with Gasteiger partial charge in [0, 0.05) is 0 Å². The molecule has 0 bridgehead atoms. The highest BCUT2D eigenvalue weighted by atomic mass is 16.5. The molecule has 0 spiro atoms. The van der Waals surface area contributed by atoms with Gasteiger partial charge in [-0.1, -0.05) is 0 Å². The van der Waals surface area contributed by atoms with Crippen LogP contribution in [-0.4, -0.2) is 26.9 Å². The minimum Gasteiger partial charge on any atom is -0.493 e. The minimum absolute atomic E-state index is 0.281. The number of methoxy groups -OCH3 is 2. The van der Waals surface area contributed by atoms with Crippen molar-refractivity contribution in [3.8, 4) is 17.2 Å². The molecule has 0 amide bonds. The molecule has 1 fully saturated rings. The smallest absolute Gasteiger partial charge is 0.203 e. The average molecular weight is 265 g/mol. The fourth-order valence-corrected chi connectivity index (χ4v) is 2.53. The predicted octanol–water partition coefficient (Wildman–Crippen LogP) is 2.53. The molecule has 106 valence electrons. The van der Waals surface area contributed by atoms with E-state index in [1.165, 1.54) is 12.8 Å². The summed E-state index contributed by atoms with van der Waals surface area (Å²) in [5.74, 6) is 2.18. The van der Waals surface area contributed by atoms with E-state index in [0.717, 1.165) is 42.1 Å². The first-order valence-electron chi connectivity index (χ1n) is 6.90. The summed E-state index contributed by atoms with van der Waals surface area (Å²) < 4.78 is 16.9. The van der Waals surface area contributed by atoms with Crippen molar-refractivity contribution in [1.29, 1.82) is 0 Å². The molecule has 0 aliphatic heterocycles. The minimum atomic E-state index is 0.281. The van der Waals surface area contributed by atoms with Gasteiger partial charge in [-0.15, -0.1) is 0 Å². The van der Waals surface area contributed by atoms with Gasteiger partial charge in [-0.25, -0.2) is 0 Å². The normalized spacial score (nSPS) is 15.5. The summed E-state index contributed by atoms with van der Waals surface area (Å²) in [4.78, 5) is 0. The molecule has 0 radical (unpaired) electrons. The molecule has 1 aliphatic rings. The van der Waals surface area contributed by atoms with Crippen molar-refractivity contribution in [2.24, 2.45) is 5.73 Å². The molecule has 0 unspecified atom stereocenters. The van der Waals surface area contributed by atoms with Gasteiger partial charge in [-0.3, -0.25) is 0 Å². The Morgan fingerprint density at radius 2 is 1.68 bits per heavy atom. The Morgan fingerprint density at radius 3 is 2.16 bits per heavy atom. The number of rotatable bonds is 6. The SMILES string of the molecule is COc1cc(CCN)cc(OC)c1OC1CCCC1. The van der Waals surface area contributed by atoms with Crippen LogP contribution in [0.2, 0.25) is 0 Å². The quantitative estimate of drug-likeness (QED) is 0.858. The van der Waals surface area contributed by atoms with E-state index in [1.807, 2.05) is 12.1 Å². The monoisotopic (exact) mass is 265 g/mol. The lowest BCUT2D eigenvalue weighted by Gasteiger charge is -2.19. The summed E-state index contributed by atoms with van der Waals surface area (Å²) in [5.41, 5.74) is 6.71. The van der Waals surface area contributed by atoms with Crippen LogP contribution in [-0.2, 0) is 6.42 Å². The standard InChI is InChI=1S/C15H23NO3/c1-17-13-9-11(7-8-16)10-14(18-2)15(13)19-12-5-3-4-6-12/h9-10,12H,3-8,16H2,1-2H3. The summed E-state index contributed by atoms with van der Waals surface area (Å²) in [6.07, 6.45) is 5.77. The molecule has 0 heterocycles. The molecule has 1 aromatic carbocycles. The largest absolute Gasteiger partial charge is 0.493 e. The van der Waals surface area contributed by atoms with Gasteiger partial charge in [0.15, 0.2) is 11.5 Å². The first kappa shape index (κ1) is 14.0. The third-order valence-corrected chi connectivity index (χ3v) is 3.54. The number of hydrogen-bond donors (Lipinski definition) is 1. The zero-order valence-electron chi connectivity index (χ0n) is 11.8. The van der Waals surface area contributed by atoms with Crippen molar-refractivity contribution in [2.75, 3.05) is 20.8 Å². The summed E-state index contributed by atoms with van der Waals surface area (Å²) in [6, 6.07) is 3.97. The summed E-state index contributed by atoms with van der Waals surface area (Å²) >= 11 is 0. The van der Waals surface area contributed by atoms with E-state index < -0.39 is 0 Å². The van der Waals surface area contributed by atoms with Crippen molar-refractivity contribution in [1.82, 2.24) is 0 Å². The second-order valence-electron chi connectivity index (χ2n) is 4.89. The number of ether oxygens (including phenoxy) is 3. The van der Waals surface area contributed by atoms with Gasteiger partial charge in [0.05, 0.1) is 20.3 Å². The zero-order chi connectivity index (χ0) is 13.7. The maximum Gasteiger partial charge on any atom is 0.203 e. The van der Waals surface area contributed by atoms with Gasteiger partial charge >= 0.3 is 0 Å². The van der Waals surface area contributed by atoms with E-state index in [1.54, 1.807) is 14.2 Å². The van der Waals surface area contributed by atoms with Crippen LogP contribution in [0.5, 0.6) is 17.2 Å². The molecule has 1 saturated carbocycles. The van der Waals surface area contributed by atoms with Gasteiger partial charge in [0.25, 0.3) is 0 Å². The Hall–Kier alpha value is -1.42. The van der Waals surface area contributed by atoms with Crippen molar-refractivity contribution in [2.45, 2.75) is 38.2 Å². The van der Waals surface area contributed by atoms with Crippen molar-refractivity contribution in [3.05, 3.63) is 17.7 Å². The topological polar surface area (TPSA) is 53.7 Å². The summed E-state index contributed by atoms with van der Waals surface area (Å²) in [6.45, 7) is 0.606. The number of benzene rings is 1. The van der Waals surface area contributed by atoms with Gasteiger partial charge in [-0.2, -0.15) is 0 Å².